The molecule has 2 nitrogen and oxygen atoms in total. The Hall–Kier alpha value is -0.315. The highest BCUT2D eigenvalue weighted by Gasteiger charge is 2.52. The third kappa shape index (κ3) is 2.26. The van der Waals surface area contributed by atoms with E-state index >= 15 is 0 Å². The fourth-order valence-electron chi connectivity index (χ4n) is 1.95. The molecule has 98 valence electrons. The van der Waals surface area contributed by atoms with Crippen LogP contribution in [0.25, 0.3) is 0 Å². The van der Waals surface area contributed by atoms with E-state index in [1.54, 1.807) is 0 Å². The molecule has 0 radical (unpaired) electrons. The highest BCUT2D eigenvalue weighted by Crippen LogP contribution is 2.37. The molecule has 1 heterocycles. The van der Waals surface area contributed by atoms with Crippen molar-refractivity contribution >= 4 is 28.5 Å². The van der Waals surface area contributed by atoms with Gasteiger partial charge in [0.05, 0.1) is 11.2 Å². The van der Waals surface area contributed by atoms with E-state index in [-0.39, 0.29) is 18.3 Å². The van der Waals surface area contributed by atoms with Gasteiger partial charge in [0, 0.05) is 4.47 Å². The summed E-state index contributed by atoms with van der Waals surface area (Å²) in [5.41, 5.74) is 2.99. The predicted molar refractivity (Wildman–Crippen MR) is 79.3 cm³/mol. The van der Waals surface area contributed by atoms with Crippen molar-refractivity contribution in [3.8, 4) is 0 Å². The molecule has 1 aliphatic rings. The summed E-state index contributed by atoms with van der Waals surface area (Å²) in [6.45, 7) is 12.5. The molecule has 0 unspecified atom stereocenters. The summed E-state index contributed by atoms with van der Waals surface area (Å²) in [6.07, 6.45) is 0. The van der Waals surface area contributed by atoms with E-state index in [2.05, 4.69) is 69.6 Å². The van der Waals surface area contributed by atoms with Crippen molar-refractivity contribution < 1.29 is 9.31 Å². The molecule has 1 aliphatic heterocycles. The zero-order valence-electron chi connectivity index (χ0n) is 11.9. The second-order valence-corrected chi connectivity index (χ2v) is 6.90. The zero-order valence-corrected chi connectivity index (χ0v) is 13.5. The van der Waals surface area contributed by atoms with Crippen molar-refractivity contribution in [2.45, 2.75) is 52.7 Å². The Bertz CT molecular complexity index is 467. The minimum Gasteiger partial charge on any atom is -0.399 e. The Balaban J connectivity index is 2.38. The molecule has 18 heavy (non-hydrogen) atoms. The fourth-order valence-corrected chi connectivity index (χ4v) is 2.60. The van der Waals surface area contributed by atoms with Crippen molar-refractivity contribution in [2.24, 2.45) is 0 Å². The summed E-state index contributed by atoms with van der Waals surface area (Å²) in [5.74, 6) is 0. The summed E-state index contributed by atoms with van der Waals surface area (Å²) in [5, 5.41) is 0. The van der Waals surface area contributed by atoms with E-state index in [1.807, 2.05) is 0 Å². The summed E-state index contributed by atoms with van der Waals surface area (Å²) in [4.78, 5) is 0. The van der Waals surface area contributed by atoms with Gasteiger partial charge in [-0.3, -0.25) is 0 Å². The SMILES string of the molecule is Cc1cc(Br)c(B2OC(C)(C)C(C)(C)O2)cc1C. The topological polar surface area (TPSA) is 18.5 Å². The van der Waals surface area contributed by atoms with E-state index in [0.717, 1.165) is 9.94 Å². The van der Waals surface area contributed by atoms with Gasteiger partial charge in [-0.1, -0.05) is 22.0 Å². The molecule has 0 atom stereocenters. The quantitative estimate of drug-likeness (QED) is 0.741. The number of rotatable bonds is 1. The average molecular weight is 311 g/mol. The van der Waals surface area contributed by atoms with Crippen LogP contribution in [0.15, 0.2) is 16.6 Å². The molecule has 0 N–H and O–H groups in total. The second kappa shape index (κ2) is 4.36. The maximum atomic E-state index is 6.07. The normalized spacial score (nSPS) is 21.4. The van der Waals surface area contributed by atoms with Crippen molar-refractivity contribution in [3.05, 3.63) is 27.7 Å². The number of aryl methyl sites for hydroxylation is 2. The van der Waals surface area contributed by atoms with Crippen LogP contribution in [0, 0.1) is 13.8 Å². The summed E-state index contributed by atoms with van der Waals surface area (Å²) < 4.78 is 13.2. The molecule has 2 rings (SSSR count). The number of hydrogen-bond donors (Lipinski definition) is 0. The molecular formula is C14H20BBrO2. The van der Waals surface area contributed by atoms with Crippen molar-refractivity contribution in [2.75, 3.05) is 0 Å². The van der Waals surface area contributed by atoms with Crippen LogP contribution < -0.4 is 5.46 Å². The van der Waals surface area contributed by atoms with Gasteiger partial charge in [-0.2, -0.15) is 0 Å². The van der Waals surface area contributed by atoms with E-state index in [1.165, 1.54) is 11.1 Å². The summed E-state index contributed by atoms with van der Waals surface area (Å²) in [7, 11) is -0.302. The predicted octanol–water partition coefficient (Wildman–Crippen LogP) is 3.37. The monoisotopic (exact) mass is 310 g/mol. The highest BCUT2D eigenvalue weighted by atomic mass is 79.9. The minimum absolute atomic E-state index is 0.296. The first-order valence-electron chi connectivity index (χ1n) is 6.26. The van der Waals surface area contributed by atoms with Crippen LogP contribution in [0.3, 0.4) is 0 Å². The van der Waals surface area contributed by atoms with Crippen LogP contribution in [0.5, 0.6) is 0 Å². The maximum absolute atomic E-state index is 6.07. The Morgan fingerprint density at radius 2 is 1.39 bits per heavy atom. The Kier molecular flexibility index (Phi) is 3.42. The number of benzene rings is 1. The molecule has 1 aromatic carbocycles. The molecule has 4 heteroatoms. The van der Waals surface area contributed by atoms with Gasteiger partial charge in [-0.25, -0.2) is 0 Å². The lowest BCUT2D eigenvalue weighted by atomic mass is 9.78. The van der Waals surface area contributed by atoms with Gasteiger partial charge in [0.2, 0.25) is 0 Å². The average Bonchev–Trinajstić information content (AvgIpc) is 2.42. The van der Waals surface area contributed by atoms with Crippen molar-refractivity contribution in [3.63, 3.8) is 0 Å². The first-order valence-corrected chi connectivity index (χ1v) is 7.06. The van der Waals surface area contributed by atoms with Crippen LogP contribution >= 0.6 is 15.9 Å². The molecule has 0 aromatic heterocycles. The van der Waals surface area contributed by atoms with E-state index in [4.69, 9.17) is 9.31 Å². The van der Waals surface area contributed by atoms with Gasteiger partial charge < -0.3 is 9.31 Å². The summed E-state index contributed by atoms with van der Waals surface area (Å²) >= 11 is 3.61. The fraction of sp³-hybridized carbons (Fsp3) is 0.571. The lowest BCUT2D eigenvalue weighted by molar-refractivity contribution is 0.00578. The van der Waals surface area contributed by atoms with E-state index in [0.29, 0.717) is 0 Å². The van der Waals surface area contributed by atoms with Gasteiger partial charge in [-0.05, 0) is 64.2 Å². The van der Waals surface area contributed by atoms with Gasteiger partial charge in [-0.15, -0.1) is 0 Å². The number of hydrogen-bond acceptors (Lipinski definition) is 2. The van der Waals surface area contributed by atoms with Crippen LogP contribution in [0.4, 0.5) is 0 Å². The lowest BCUT2D eigenvalue weighted by Crippen LogP contribution is -2.41. The Labute approximate surface area is 118 Å². The Morgan fingerprint density at radius 1 is 0.944 bits per heavy atom. The smallest absolute Gasteiger partial charge is 0.399 e. The van der Waals surface area contributed by atoms with Crippen LogP contribution in [-0.2, 0) is 9.31 Å². The van der Waals surface area contributed by atoms with E-state index < -0.39 is 0 Å². The zero-order chi connectivity index (χ0) is 13.7. The van der Waals surface area contributed by atoms with Gasteiger partial charge >= 0.3 is 7.12 Å². The maximum Gasteiger partial charge on any atom is 0.496 e. The highest BCUT2D eigenvalue weighted by molar-refractivity contribution is 9.10. The second-order valence-electron chi connectivity index (χ2n) is 6.05. The van der Waals surface area contributed by atoms with Gasteiger partial charge in [0.1, 0.15) is 0 Å². The third-order valence-electron chi connectivity index (χ3n) is 4.12. The molecule has 0 spiro atoms. The van der Waals surface area contributed by atoms with Crippen LogP contribution in [-0.4, -0.2) is 18.3 Å². The largest absolute Gasteiger partial charge is 0.496 e. The molecule has 1 fully saturated rings. The van der Waals surface area contributed by atoms with Gasteiger partial charge in [0.15, 0.2) is 0 Å². The third-order valence-corrected chi connectivity index (χ3v) is 4.81. The molecule has 0 amide bonds. The van der Waals surface area contributed by atoms with Crippen molar-refractivity contribution in [1.82, 2.24) is 0 Å². The molecule has 0 saturated carbocycles. The molecular weight excluding hydrogens is 291 g/mol. The van der Waals surface area contributed by atoms with Gasteiger partial charge in [0.25, 0.3) is 0 Å². The molecule has 1 saturated heterocycles. The lowest BCUT2D eigenvalue weighted by Gasteiger charge is -2.32. The molecule has 0 aliphatic carbocycles. The molecule has 1 aromatic rings. The minimum atomic E-state index is -0.302. The summed E-state index contributed by atoms with van der Waals surface area (Å²) in [6, 6.07) is 4.26. The Morgan fingerprint density at radius 3 is 1.89 bits per heavy atom. The van der Waals surface area contributed by atoms with Crippen LogP contribution in [0.2, 0.25) is 0 Å². The molecule has 0 bridgehead atoms. The van der Waals surface area contributed by atoms with Crippen LogP contribution in [0.1, 0.15) is 38.8 Å². The first kappa shape index (κ1) is 14.1. The van der Waals surface area contributed by atoms with E-state index in [9.17, 15) is 0 Å². The van der Waals surface area contributed by atoms with Crippen molar-refractivity contribution in [1.29, 1.82) is 0 Å². The number of halogens is 1. The first-order chi connectivity index (χ1) is 8.14. The standard InChI is InChI=1S/C14H20BBrO2/c1-9-7-11(12(16)8-10(9)2)15-17-13(3,4)14(5,6)18-15/h7-8H,1-6H3.